The first kappa shape index (κ1) is 10.2. The molecule has 15 heavy (non-hydrogen) atoms. The zero-order chi connectivity index (χ0) is 10.7. The molecule has 0 bridgehead atoms. The number of benzene rings is 1. The predicted octanol–water partition coefficient (Wildman–Crippen LogP) is 0.830. The van der Waals surface area contributed by atoms with Gasteiger partial charge in [-0.3, -0.25) is 4.79 Å². The fraction of sp³-hybridized carbons (Fsp3) is 0.417. The number of amides is 1. The Bertz CT molecular complexity index is 326. The highest BCUT2D eigenvalue weighted by atomic mass is 16.1. The topological polar surface area (TPSA) is 32.3 Å². The number of rotatable bonds is 3. The zero-order valence-electron chi connectivity index (χ0n) is 8.89. The van der Waals surface area contributed by atoms with Crippen molar-refractivity contribution in [3.8, 4) is 0 Å². The Balaban J connectivity index is 2.18. The maximum absolute atomic E-state index is 10.7. The van der Waals surface area contributed by atoms with E-state index in [0.29, 0.717) is 12.0 Å². The van der Waals surface area contributed by atoms with Crippen LogP contribution in [0.15, 0.2) is 30.3 Å². The SMILES string of the molecule is CNC1CN(C=O)CC1c1ccccc1. The number of carbonyl (C=O) groups is 1. The maximum Gasteiger partial charge on any atom is 0.209 e. The molecule has 1 fully saturated rings. The monoisotopic (exact) mass is 204 g/mol. The van der Waals surface area contributed by atoms with Crippen molar-refractivity contribution in [1.82, 2.24) is 10.2 Å². The number of likely N-dealkylation sites (N-methyl/N-ethyl adjacent to an activating group) is 1. The Morgan fingerprint density at radius 1 is 1.33 bits per heavy atom. The first-order valence-electron chi connectivity index (χ1n) is 5.26. The van der Waals surface area contributed by atoms with E-state index in [2.05, 4.69) is 17.4 Å². The molecule has 1 aromatic carbocycles. The number of nitrogens with zero attached hydrogens (tertiary/aromatic N) is 1. The molecule has 0 aliphatic carbocycles. The quantitative estimate of drug-likeness (QED) is 0.740. The largest absolute Gasteiger partial charge is 0.343 e. The van der Waals surface area contributed by atoms with Crippen molar-refractivity contribution in [3.05, 3.63) is 35.9 Å². The van der Waals surface area contributed by atoms with Crippen molar-refractivity contribution in [3.63, 3.8) is 0 Å². The third-order valence-electron chi connectivity index (χ3n) is 3.10. The van der Waals surface area contributed by atoms with E-state index in [1.54, 1.807) is 0 Å². The number of hydrogen-bond acceptors (Lipinski definition) is 2. The summed E-state index contributed by atoms with van der Waals surface area (Å²) in [7, 11) is 1.95. The molecule has 3 nitrogen and oxygen atoms in total. The van der Waals surface area contributed by atoms with Crippen molar-refractivity contribution in [2.24, 2.45) is 0 Å². The second-order valence-electron chi connectivity index (χ2n) is 3.97. The summed E-state index contributed by atoms with van der Waals surface area (Å²) in [6.45, 7) is 1.62. The fourth-order valence-electron chi connectivity index (χ4n) is 2.25. The van der Waals surface area contributed by atoms with Crippen LogP contribution >= 0.6 is 0 Å². The highest BCUT2D eigenvalue weighted by Crippen LogP contribution is 2.26. The summed E-state index contributed by atoms with van der Waals surface area (Å²) in [4.78, 5) is 12.6. The molecular weight excluding hydrogens is 188 g/mol. The minimum absolute atomic E-state index is 0.373. The third kappa shape index (κ3) is 2.02. The lowest BCUT2D eigenvalue weighted by molar-refractivity contribution is -0.117. The number of carbonyl (C=O) groups excluding carboxylic acids is 1. The molecule has 0 aromatic heterocycles. The Labute approximate surface area is 90.1 Å². The molecule has 1 aliphatic heterocycles. The van der Waals surface area contributed by atoms with Gasteiger partial charge in [-0.15, -0.1) is 0 Å². The van der Waals surface area contributed by atoms with Gasteiger partial charge >= 0.3 is 0 Å². The lowest BCUT2D eigenvalue weighted by Crippen LogP contribution is -2.32. The zero-order valence-corrected chi connectivity index (χ0v) is 8.89. The molecule has 2 unspecified atom stereocenters. The van der Waals surface area contributed by atoms with E-state index in [-0.39, 0.29) is 0 Å². The van der Waals surface area contributed by atoms with Gasteiger partial charge in [0, 0.05) is 25.0 Å². The van der Waals surface area contributed by atoms with Gasteiger partial charge in [-0.1, -0.05) is 30.3 Å². The summed E-state index contributed by atoms with van der Waals surface area (Å²) in [5.74, 6) is 0.418. The van der Waals surface area contributed by atoms with E-state index in [0.717, 1.165) is 19.5 Å². The lowest BCUT2D eigenvalue weighted by Gasteiger charge is -2.17. The molecule has 1 N–H and O–H groups in total. The van der Waals surface area contributed by atoms with Gasteiger partial charge in [0.1, 0.15) is 0 Å². The summed E-state index contributed by atoms with van der Waals surface area (Å²) in [6, 6.07) is 10.7. The van der Waals surface area contributed by atoms with Crippen molar-refractivity contribution in [1.29, 1.82) is 0 Å². The molecule has 1 aliphatic rings. The Hall–Kier alpha value is -1.35. The Morgan fingerprint density at radius 3 is 2.67 bits per heavy atom. The summed E-state index contributed by atoms with van der Waals surface area (Å²) in [5, 5.41) is 3.28. The smallest absolute Gasteiger partial charge is 0.209 e. The van der Waals surface area contributed by atoms with Gasteiger partial charge < -0.3 is 10.2 Å². The van der Waals surface area contributed by atoms with E-state index in [9.17, 15) is 4.79 Å². The molecule has 1 heterocycles. The normalized spacial score (nSPS) is 25.5. The molecule has 0 radical (unpaired) electrons. The molecule has 1 saturated heterocycles. The standard InChI is InChI=1S/C12H16N2O/c1-13-12-8-14(9-15)7-11(12)10-5-3-2-4-6-10/h2-6,9,11-13H,7-8H2,1H3. The summed E-state index contributed by atoms with van der Waals surface area (Å²) < 4.78 is 0. The first-order chi connectivity index (χ1) is 7.35. The van der Waals surface area contributed by atoms with Crippen LogP contribution in [-0.2, 0) is 4.79 Å². The van der Waals surface area contributed by atoms with Gasteiger partial charge in [-0.25, -0.2) is 0 Å². The lowest BCUT2D eigenvalue weighted by atomic mass is 9.95. The van der Waals surface area contributed by atoms with E-state index >= 15 is 0 Å². The van der Waals surface area contributed by atoms with Crippen molar-refractivity contribution >= 4 is 6.41 Å². The predicted molar refractivity (Wildman–Crippen MR) is 59.7 cm³/mol. The number of nitrogens with one attached hydrogen (secondary N) is 1. The summed E-state index contributed by atoms with van der Waals surface area (Å²) in [6.07, 6.45) is 0.938. The highest BCUT2D eigenvalue weighted by Gasteiger charge is 2.31. The number of hydrogen-bond donors (Lipinski definition) is 1. The van der Waals surface area contributed by atoms with Crippen LogP contribution < -0.4 is 5.32 Å². The molecule has 1 aromatic rings. The molecule has 0 spiro atoms. The van der Waals surface area contributed by atoms with Crippen molar-refractivity contribution < 1.29 is 4.79 Å². The molecule has 80 valence electrons. The fourth-order valence-corrected chi connectivity index (χ4v) is 2.25. The molecule has 0 saturated carbocycles. The van der Waals surface area contributed by atoms with Crippen molar-refractivity contribution in [2.45, 2.75) is 12.0 Å². The van der Waals surface area contributed by atoms with E-state index in [1.807, 2.05) is 30.1 Å². The summed E-state index contributed by atoms with van der Waals surface area (Å²) >= 11 is 0. The maximum atomic E-state index is 10.7. The van der Waals surface area contributed by atoms with Crippen LogP contribution in [0.3, 0.4) is 0 Å². The third-order valence-corrected chi connectivity index (χ3v) is 3.10. The van der Waals surface area contributed by atoms with Gasteiger partial charge in [0.25, 0.3) is 0 Å². The van der Waals surface area contributed by atoms with Gasteiger partial charge in [0.05, 0.1) is 0 Å². The average Bonchev–Trinajstić information content (AvgIpc) is 2.73. The average molecular weight is 204 g/mol. The Kier molecular flexibility index (Phi) is 3.02. The first-order valence-corrected chi connectivity index (χ1v) is 5.26. The highest BCUT2D eigenvalue weighted by molar-refractivity contribution is 5.49. The summed E-state index contributed by atoms with van der Waals surface area (Å²) in [5.41, 5.74) is 1.31. The van der Waals surface area contributed by atoms with Gasteiger partial charge in [0.15, 0.2) is 0 Å². The van der Waals surface area contributed by atoms with Crippen molar-refractivity contribution in [2.75, 3.05) is 20.1 Å². The van der Waals surface area contributed by atoms with E-state index < -0.39 is 0 Å². The van der Waals surface area contributed by atoms with Crippen LogP contribution in [0.1, 0.15) is 11.5 Å². The van der Waals surface area contributed by atoms with Crippen LogP contribution in [0, 0.1) is 0 Å². The second kappa shape index (κ2) is 4.45. The van der Waals surface area contributed by atoms with Crippen LogP contribution in [0.4, 0.5) is 0 Å². The molecule has 1 amide bonds. The Morgan fingerprint density at radius 2 is 2.07 bits per heavy atom. The van der Waals surface area contributed by atoms with Crippen LogP contribution in [0.25, 0.3) is 0 Å². The molecular formula is C12H16N2O. The molecule has 2 atom stereocenters. The van der Waals surface area contributed by atoms with E-state index in [4.69, 9.17) is 0 Å². The minimum Gasteiger partial charge on any atom is -0.343 e. The van der Waals surface area contributed by atoms with Crippen LogP contribution in [-0.4, -0.2) is 37.5 Å². The van der Waals surface area contributed by atoms with Crippen LogP contribution in [0.5, 0.6) is 0 Å². The van der Waals surface area contributed by atoms with Gasteiger partial charge in [-0.2, -0.15) is 0 Å². The van der Waals surface area contributed by atoms with E-state index in [1.165, 1.54) is 5.56 Å². The van der Waals surface area contributed by atoms with Gasteiger partial charge in [0.2, 0.25) is 6.41 Å². The van der Waals surface area contributed by atoms with Crippen LogP contribution in [0.2, 0.25) is 0 Å². The molecule has 3 heteroatoms. The van der Waals surface area contributed by atoms with Gasteiger partial charge in [-0.05, 0) is 12.6 Å². The minimum atomic E-state index is 0.373. The molecule has 2 rings (SSSR count). The second-order valence-corrected chi connectivity index (χ2v) is 3.97. The number of likely N-dealkylation sites (tertiary alicyclic amines) is 1.